The first-order chi connectivity index (χ1) is 17.8. The number of benzene rings is 2. The molecule has 2 heterocycles. The van der Waals surface area contributed by atoms with Gasteiger partial charge in [0, 0.05) is 11.6 Å². The van der Waals surface area contributed by atoms with Gasteiger partial charge in [-0.1, -0.05) is 29.3 Å². The molecule has 7 nitrogen and oxygen atoms in total. The molecule has 3 aromatic rings. The third kappa shape index (κ3) is 6.40. The van der Waals surface area contributed by atoms with Crippen LogP contribution in [0.4, 0.5) is 11.6 Å². The fourth-order valence-corrected chi connectivity index (χ4v) is 5.16. The van der Waals surface area contributed by atoms with E-state index in [2.05, 4.69) is 46.2 Å². The number of methoxy groups -OCH3 is 2. The van der Waals surface area contributed by atoms with Crippen LogP contribution in [-0.2, 0) is 6.61 Å². The maximum absolute atomic E-state index is 6.44. The van der Waals surface area contributed by atoms with Crippen molar-refractivity contribution in [3.63, 3.8) is 0 Å². The molecule has 1 saturated heterocycles. The minimum absolute atomic E-state index is 0.164. The summed E-state index contributed by atoms with van der Waals surface area (Å²) in [4.78, 5) is 11.3. The van der Waals surface area contributed by atoms with Gasteiger partial charge in [-0.05, 0) is 81.9 Å². The molecule has 2 aromatic carbocycles. The quantitative estimate of drug-likeness (QED) is 0.310. The fraction of sp³-hybridized carbons (Fsp3) is 0.429. The Kier molecular flexibility index (Phi) is 9.00. The molecule has 0 bridgehead atoms. The Morgan fingerprint density at radius 2 is 1.68 bits per heavy atom. The molecule has 4 rings (SSSR count). The molecular formula is C28H34Cl2N4O3. The van der Waals surface area contributed by atoms with Gasteiger partial charge in [-0.3, -0.25) is 0 Å². The molecular weight excluding hydrogens is 511 g/mol. The maximum atomic E-state index is 6.44. The first kappa shape index (κ1) is 27.3. The van der Waals surface area contributed by atoms with Crippen LogP contribution in [0.3, 0.4) is 0 Å². The summed E-state index contributed by atoms with van der Waals surface area (Å²) in [5, 5.41) is 4.22. The predicted molar refractivity (Wildman–Crippen MR) is 149 cm³/mol. The Hall–Kier alpha value is -2.74. The van der Waals surface area contributed by atoms with Crippen molar-refractivity contribution in [3.05, 3.63) is 63.4 Å². The van der Waals surface area contributed by atoms with E-state index in [-0.39, 0.29) is 6.61 Å². The van der Waals surface area contributed by atoms with Gasteiger partial charge in [0.15, 0.2) is 5.75 Å². The smallest absolute Gasteiger partial charge is 0.227 e. The third-order valence-electron chi connectivity index (χ3n) is 6.87. The molecule has 1 aliphatic heterocycles. The second-order valence-electron chi connectivity index (χ2n) is 9.52. The fourth-order valence-electron chi connectivity index (χ4n) is 4.63. The van der Waals surface area contributed by atoms with Crippen LogP contribution in [0.25, 0.3) is 0 Å². The van der Waals surface area contributed by atoms with Crippen molar-refractivity contribution in [2.24, 2.45) is 0 Å². The largest absolute Gasteiger partial charge is 0.495 e. The van der Waals surface area contributed by atoms with E-state index in [1.54, 1.807) is 32.7 Å². The molecule has 37 heavy (non-hydrogen) atoms. The lowest BCUT2D eigenvalue weighted by Crippen LogP contribution is -2.37. The second kappa shape index (κ2) is 12.2. The van der Waals surface area contributed by atoms with Crippen LogP contribution in [0.5, 0.6) is 17.2 Å². The van der Waals surface area contributed by atoms with Gasteiger partial charge in [0.05, 0.1) is 42.3 Å². The molecule has 1 N–H and O–H groups in total. The molecule has 9 heteroatoms. The number of aromatic nitrogens is 2. The Morgan fingerprint density at radius 1 is 1.00 bits per heavy atom. The van der Waals surface area contributed by atoms with E-state index < -0.39 is 0 Å². The molecule has 0 spiro atoms. The van der Waals surface area contributed by atoms with E-state index in [4.69, 9.17) is 37.4 Å². The van der Waals surface area contributed by atoms with E-state index in [0.717, 1.165) is 42.9 Å². The van der Waals surface area contributed by atoms with E-state index >= 15 is 0 Å². The standard InChI is InChI=1S/C28H34Cl2N4O3/c1-17(2)34-10-8-19(9-11-34)20-6-7-23(24(13-20)35-4)33-28-31-14-21(15-32-28)37-16-22-26(29)18(3)12-25(36-5)27(22)30/h6-7,12-15,17,19H,8-11,16H2,1-5H3,(H,31,32,33). The lowest BCUT2D eigenvalue weighted by atomic mass is 9.88. The Bertz CT molecular complexity index is 1210. The SMILES string of the molecule is COc1cc(C2CCN(C(C)C)CC2)ccc1Nc1ncc(OCc2c(Cl)c(C)cc(OC)c2Cl)cn1. The molecule has 0 radical (unpaired) electrons. The summed E-state index contributed by atoms with van der Waals surface area (Å²) in [6.45, 7) is 8.84. The molecule has 0 saturated carbocycles. The van der Waals surface area contributed by atoms with Crippen LogP contribution >= 0.6 is 23.2 Å². The van der Waals surface area contributed by atoms with Crippen LogP contribution in [0.2, 0.25) is 10.0 Å². The number of aryl methyl sites for hydroxylation is 1. The molecule has 0 unspecified atom stereocenters. The van der Waals surface area contributed by atoms with Crippen molar-refractivity contribution in [1.29, 1.82) is 0 Å². The van der Waals surface area contributed by atoms with Gasteiger partial charge < -0.3 is 24.4 Å². The highest BCUT2D eigenvalue weighted by molar-refractivity contribution is 6.37. The molecule has 1 aliphatic rings. The number of likely N-dealkylation sites (tertiary alicyclic amines) is 1. The average molecular weight is 546 g/mol. The highest BCUT2D eigenvalue weighted by atomic mass is 35.5. The number of hydrogen-bond donors (Lipinski definition) is 1. The summed E-state index contributed by atoms with van der Waals surface area (Å²) in [7, 11) is 3.25. The van der Waals surface area contributed by atoms with Crippen molar-refractivity contribution >= 4 is 34.8 Å². The first-order valence-electron chi connectivity index (χ1n) is 12.5. The van der Waals surface area contributed by atoms with Crippen LogP contribution in [0.1, 0.15) is 49.3 Å². The van der Waals surface area contributed by atoms with Gasteiger partial charge in [0.2, 0.25) is 5.95 Å². The van der Waals surface area contributed by atoms with Crippen LogP contribution in [0, 0.1) is 6.92 Å². The van der Waals surface area contributed by atoms with Gasteiger partial charge in [-0.15, -0.1) is 0 Å². The second-order valence-corrected chi connectivity index (χ2v) is 10.3. The third-order valence-corrected chi connectivity index (χ3v) is 7.82. The zero-order chi connectivity index (χ0) is 26.5. The number of hydrogen-bond acceptors (Lipinski definition) is 7. The average Bonchev–Trinajstić information content (AvgIpc) is 2.91. The number of halogens is 2. The number of piperidine rings is 1. The predicted octanol–water partition coefficient (Wildman–Crippen LogP) is 7.02. The Labute approximate surface area is 229 Å². The van der Waals surface area contributed by atoms with E-state index in [1.165, 1.54) is 5.56 Å². The Balaban J connectivity index is 1.40. The van der Waals surface area contributed by atoms with E-state index in [9.17, 15) is 0 Å². The van der Waals surface area contributed by atoms with Crippen LogP contribution < -0.4 is 19.5 Å². The maximum Gasteiger partial charge on any atom is 0.227 e. The lowest BCUT2D eigenvalue weighted by molar-refractivity contribution is 0.172. The monoisotopic (exact) mass is 544 g/mol. The van der Waals surface area contributed by atoms with Gasteiger partial charge in [-0.2, -0.15) is 0 Å². The minimum atomic E-state index is 0.164. The lowest BCUT2D eigenvalue weighted by Gasteiger charge is -2.35. The molecule has 1 fully saturated rings. The summed E-state index contributed by atoms with van der Waals surface area (Å²) in [5.41, 5.74) is 3.63. The zero-order valence-corrected chi connectivity index (χ0v) is 23.5. The molecule has 0 atom stereocenters. The van der Waals surface area contributed by atoms with Crippen molar-refractivity contribution in [2.75, 3.05) is 32.6 Å². The number of rotatable bonds is 9. The Morgan fingerprint density at radius 3 is 2.30 bits per heavy atom. The van der Waals surface area contributed by atoms with Crippen molar-refractivity contribution in [2.45, 2.75) is 52.2 Å². The van der Waals surface area contributed by atoms with Gasteiger partial charge in [0.25, 0.3) is 0 Å². The van der Waals surface area contributed by atoms with Crippen LogP contribution in [0.15, 0.2) is 36.7 Å². The summed E-state index contributed by atoms with van der Waals surface area (Å²) < 4.78 is 16.9. The van der Waals surface area contributed by atoms with Gasteiger partial charge >= 0.3 is 0 Å². The summed E-state index contributed by atoms with van der Waals surface area (Å²) in [6.07, 6.45) is 5.52. The normalized spacial score (nSPS) is 14.6. The zero-order valence-electron chi connectivity index (χ0n) is 22.0. The molecule has 0 amide bonds. The molecule has 0 aliphatic carbocycles. The highest BCUT2D eigenvalue weighted by Gasteiger charge is 2.23. The van der Waals surface area contributed by atoms with Gasteiger partial charge in [-0.25, -0.2) is 9.97 Å². The van der Waals surface area contributed by atoms with E-state index in [0.29, 0.717) is 45.0 Å². The van der Waals surface area contributed by atoms with E-state index in [1.807, 2.05) is 13.0 Å². The first-order valence-corrected chi connectivity index (χ1v) is 13.2. The summed E-state index contributed by atoms with van der Waals surface area (Å²) >= 11 is 12.9. The summed E-state index contributed by atoms with van der Waals surface area (Å²) in [5.74, 6) is 2.80. The van der Waals surface area contributed by atoms with Crippen molar-refractivity contribution < 1.29 is 14.2 Å². The molecule has 198 valence electrons. The molecule has 1 aromatic heterocycles. The van der Waals surface area contributed by atoms with Crippen molar-refractivity contribution in [1.82, 2.24) is 14.9 Å². The number of nitrogens with zero attached hydrogens (tertiary/aromatic N) is 3. The number of ether oxygens (including phenoxy) is 3. The topological polar surface area (TPSA) is 68.7 Å². The summed E-state index contributed by atoms with van der Waals surface area (Å²) in [6, 6.07) is 8.72. The van der Waals surface area contributed by atoms with Crippen LogP contribution in [-0.4, -0.2) is 48.2 Å². The number of anilines is 2. The minimum Gasteiger partial charge on any atom is -0.495 e. The van der Waals surface area contributed by atoms with Crippen molar-refractivity contribution in [3.8, 4) is 17.2 Å². The highest BCUT2D eigenvalue weighted by Crippen LogP contribution is 2.37. The van der Waals surface area contributed by atoms with Gasteiger partial charge in [0.1, 0.15) is 18.1 Å². The number of nitrogens with one attached hydrogen (secondary N) is 1.